The van der Waals surface area contributed by atoms with Gasteiger partial charge in [0.1, 0.15) is 0 Å². The summed E-state index contributed by atoms with van der Waals surface area (Å²) in [5, 5.41) is 9.55. The number of fused-ring (bicyclic) bond motifs is 1. The standard InChI is InChI=1S/C22H30F3N3O3.C3H8/c23-22(24,25)17-11-16-14-27(6-3-20(16)26-13-17)21(30)15-1-2-19(12-15)28(7-8-29)18-4-9-31-10-5-18;1-3-2/h11,13,15,18-19,29H,1-10,12,14H2;3H2,1-2H3/t15?,19-;/m1./s1. The number of hydrogen-bond acceptors (Lipinski definition) is 5. The number of carbonyl (C=O) groups is 1. The molecule has 0 spiro atoms. The van der Waals surface area contributed by atoms with Crippen LogP contribution in [0, 0.1) is 5.92 Å². The topological polar surface area (TPSA) is 65.9 Å². The first-order chi connectivity index (χ1) is 16.3. The number of amides is 1. The third-order valence-corrected chi connectivity index (χ3v) is 6.92. The lowest BCUT2D eigenvalue weighted by Crippen LogP contribution is -2.47. The van der Waals surface area contributed by atoms with Crippen molar-refractivity contribution in [3.05, 3.63) is 29.1 Å². The molecular weight excluding hydrogens is 447 g/mol. The highest BCUT2D eigenvalue weighted by Gasteiger charge is 2.39. The van der Waals surface area contributed by atoms with Crippen LogP contribution in [0.2, 0.25) is 0 Å². The lowest BCUT2D eigenvalue weighted by Gasteiger charge is -2.38. The molecule has 0 aromatic carbocycles. The molecule has 3 heterocycles. The van der Waals surface area contributed by atoms with Crippen LogP contribution in [0.3, 0.4) is 0 Å². The second-order valence-corrected chi connectivity index (χ2v) is 9.51. The molecule has 34 heavy (non-hydrogen) atoms. The van der Waals surface area contributed by atoms with Crippen molar-refractivity contribution in [2.45, 2.75) is 83.6 Å². The Morgan fingerprint density at radius 2 is 1.91 bits per heavy atom. The molecule has 6 nitrogen and oxygen atoms in total. The molecule has 1 amide bonds. The van der Waals surface area contributed by atoms with Crippen LogP contribution >= 0.6 is 0 Å². The number of hydrogen-bond donors (Lipinski definition) is 1. The number of aliphatic hydroxyl groups is 1. The van der Waals surface area contributed by atoms with Crippen molar-refractivity contribution in [2.24, 2.45) is 5.92 Å². The Kier molecular flexibility index (Phi) is 9.74. The predicted octanol–water partition coefficient (Wildman–Crippen LogP) is 4.04. The van der Waals surface area contributed by atoms with Crippen molar-refractivity contribution >= 4 is 5.91 Å². The van der Waals surface area contributed by atoms with Gasteiger partial charge in [-0.25, -0.2) is 0 Å². The van der Waals surface area contributed by atoms with Crippen LogP contribution in [-0.2, 0) is 28.7 Å². The van der Waals surface area contributed by atoms with Gasteiger partial charge in [-0.1, -0.05) is 20.3 Å². The zero-order chi connectivity index (χ0) is 24.7. The summed E-state index contributed by atoms with van der Waals surface area (Å²) >= 11 is 0. The molecule has 2 atom stereocenters. The molecule has 9 heteroatoms. The molecule has 0 radical (unpaired) electrons. The Hall–Kier alpha value is -1.71. The molecule has 1 saturated carbocycles. The normalized spacial score (nSPS) is 23.4. The van der Waals surface area contributed by atoms with Gasteiger partial charge in [0.2, 0.25) is 5.91 Å². The Morgan fingerprint density at radius 1 is 1.21 bits per heavy atom. The van der Waals surface area contributed by atoms with Crippen LogP contribution in [0.5, 0.6) is 0 Å². The first-order valence-electron chi connectivity index (χ1n) is 12.6. The van der Waals surface area contributed by atoms with E-state index in [0.29, 0.717) is 36.8 Å². The number of rotatable bonds is 5. The third-order valence-electron chi connectivity index (χ3n) is 6.92. The summed E-state index contributed by atoms with van der Waals surface area (Å²) in [6.45, 7) is 7.06. The summed E-state index contributed by atoms with van der Waals surface area (Å²) in [4.78, 5) is 21.2. The maximum atomic E-state index is 13.2. The van der Waals surface area contributed by atoms with Crippen LogP contribution in [0.1, 0.15) is 69.2 Å². The molecule has 1 saturated heterocycles. The second kappa shape index (κ2) is 12.3. The molecule has 1 aromatic rings. The first-order valence-corrected chi connectivity index (χ1v) is 12.6. The van der Waals surface area contributed by atoms with E-state index in [2.05, 4.69) is 23.7 Å². The summed E-state index contributed by atoms with van der Waals surface area (Å²) < 4.78 is 44.6. The SMILES string of the molecule is CCC.O=C(C1CC[C@@H](N(CCO)C2CCOCC2)C1)N1CCc2ncc(C(F)(F)F)cc2C1. The number of ether oxygens (including phenoxy) is 1. The maximum Gasteiger partial charge on any atom is 0.417 e. The predicted molar refractivity (Wildman–Crippen MR) is 123 cm³/mol. The van der Waals surface area contributed by atoms with E-state index in [0.717, 1.165) is 57.6 Å². The van der Waals surface area contributed by atoms with Gasteiger partial charge in [0, 0.05) is 69.2 Å². The minimum atomic E-state index is -4.44. The third kappa shape index (κ3) is 6.70. The lowest BCUT2D eigenvalue weighted by atomic mass is 9.99. The number of alkyl halides is 3. The number of nitrogens with zero attached hydrogens (tertiary/aromatic N) is 3. The number of pyridine rings is 1. The van der Waals surface area contributed by atoms with E-state index in [1.54, 1.807) is 4.90 Å². The van der Waals surface area contributed by atoms with Gasteiger partial charge in [-0.2, -0.15) is 13.2 Å². The van der Waals surface area contributed by atoms with Crippen molar-refractivity contribution in [3.63, 3.8) is 0 Å². The van der Waals surface area contributed by atoms with E-state index in [1.807, 2.05) is 0 Å². The largest absolute Gasteiger partial charge is 0.417 e. The molecule has 1 aliphatic carbocycles. The van der Waals surface area contributed by atoms with Crippen molar-refractivity contribution in [1.29, 1.82) is 0 Å². The molecule has 2 fully saturated rings. The average molecular weight is 486 g/mol. The molecule has 1 unspecified atom stereocenters. The molecule has 2 aliphatic heterocycles. The number of halogens is 3. The quantitative estimate of drug-likeness (QED) is 0.682. The number of aromatic nitrogens is 1. The smallest absolute Gasteiger partial charge is 0.395 e. The lowest BCUT2D eigenvalue weighted by molar-refractivity contribution is -0.138. The summed E-state index contributed by atoms with van der Waals surface area (Å²) in [6.07, 6.45) is 2.46. The molecular formula is C25H38F3N3O3. The van der Waals surface area contributed by atoms with Gasteiger partial charge in [-0.3, -0.25) is 14.7 Å². The van der Waals surface area contributed by atoms with Gasteiger partial charge in [0.05, 0.1) is 12.2 Å². The van der Waals surface area contributed by atoms with Crippen molar-refractivity contribution in [1.82, 2.24) is 14.8 Å². The summed E-state index contributed by atoms with van der Waals surface area (Å²) in [5.74, 6) is -0.0900. The van der Waals surface area contributed by atoms with E-state index in [4.69, 9.17) is 4.74 Å². The van der Waals surface area contributed by atoms with Gasteiger partial charge in [0.25, 0.3) is 0 Å². The van der Waals surface area contributed by atoms with Crippen LogP contribution in [0.15, 0.2) is 12.3 Å². The van der Waals surface area contributed by atoms with E-state index in [-0.39, 0.29) is 31.0 Å². The van der Waals surface area contributed by atoms with Crippen molar-refractivity contribution < 1.29 is 27.8 Å². The van der Waals surface area contributed by atoms with Gasteiger partial charge in [-0.15, -0.1) is 0 Å². The van der Waals surface area contributed by atoms with E-state index < -0.39 is 11.7 Å². The van der Waals surface area contributed by atoms with Crippen molar-refractivity contribution in [3.8, 4) is 0 Å². The maximum absolute atomic E-state index is 13.2. The highest BCUT2D eigenvalue weighted by Crippen LogP contribution is 2.35. The van der Waals surface area contributed by atoms with Gasteiger partial charge >= 0.3 is 6.18 Å². The van der Waals surface area contributed by atoms with Crippen molar-refractivity contribution in [2.75, 3.05) is 32.9 Å². The van der Waals surface area contributed by atoms with Gasteiger partial charge in [0.15, 0.2) is 0 Å². The fourth-order valence-corrected chi connectivity index (χ4v) is 5.31. The first kappa shape index (κ1) is 26.9. The Labute approximate surface area is 200 Å². The minimum absolute atomic E-state index is 0.0292. The Bertz CT molecular complexity index is 799. The monoisotopic (exact) mass is 485 g/mol. The zero-order valence-corrected chi connectivity index (χ0v) is 20.3. The molecule has 0 bridgehead atoms. The molecule has 1 N–H and O–H groups in total. The number of carbonyl (C=O) groups excluding carboxylic acids is 1. The Balaban J connectivity index is 0.00000103. The fraction of sp³-hybridized carbons (Fsp3) is 0.760. The molecule has 4 rings (SSSR count). The van der Waals surface area contributed by atoms with Gasteiger partial charge < -0.3 is 14.7 Å². The van der Waals surface area contributed by atoms with Crippen LogP contribution in [0.4, 0.5) is 13.2 Å². The summed E-state index contributed by atoms with van der Waals surface area (Å²) in [5.41, 5.74) is 0.376. The highest BCUT2D eigenvalue weighted by atomic mass is 19.4. The average Bonchev–Trinajstić information content (AvgIpc) is 3.31. The second-order valence-electron chi connectivity index (χ2n) is 9.51. The molecule has 192 valence electrons. The van der Waals surface area contributed by atoms with Crippen LogP contribution in [0.25, 0.3) is 0 Å². The molecule has 3 aliphatic rings. The Morgan fingerprint density at radius 3 is 2.56 bits per heavy atom. The van der Waals surface area contributed by atoms with E-state index >= 15 is 0 Å². The zero-order valence-electron chi connectivity index (χ0n) is 20.3. The van der Waals surface area contributed by atoms with E-state index in [9.17, 15) is 23.1 Å². The number of aliphatic hydroxyl groups excluding tert-OH is 1. The fourth-order valence-electron chi connectivity index (χ4n) is 5.31. The minimum Gasteiger partial charge on any atom is -0.395 e. The van der Waals surface area contributed by atoms with Gasteiger partial charge in [-0.05, 0) is 43.7 Å². The van der Waals surface area contributed by atoms with Crippen LogP contribution < -0.4 is 0 Å². The highest BCUT2D eigenvalue weighted by molar-refractivity contribution is 5.79. The summed E-state index contributed by atoms with van der Waals surface area (Å²) in [6, 6.07) is 1.75. The summed E-state index contributed by atoms with van der Waals surface area (Å²) in [7, 11) is 0. The van der Waals surface area contributed by atoms with E-state index in [1.165, 1.54) is 6.42 Å². The van der Waals surface area contributed by atoms with Crippen LogP contribution in [-0.4, -0.2) is 70.8 Å². The molecule has 1 aromatic heterocycles.